The van der Waals surface area contributed by atoms with Crippen molar-refractivity contribution in [2.45, 2.75) is 52.5 Å². The first kappa shape index (κ1) is 18.8. The van der Waals surface area contributed by atoms with Gasteiger partial charge in [-0.15, -0.1) is 0 Å². The number of hydrogen-bond donors (Lipinski definition) is 0. The van der Waals surface area contributed by atoms with Gasteiger partial charge in [-0.1, -0.05) is 27.7 Å². The van der Waals surface area contributed by atoms with Crippen LogP contribution < -0.4 is 9.47 Å². The molecule has 0 saturated carbocycles. The van der Waals surface area contributed by atoms with Gasteiger partial charge < -0.3 is 14.2 Å². The van der Waals surface area contributed by atoms with Crippen LogP contribution in [-0.4, -0.2) is 39.7 Å². The van der Waals surface area contributed by atoms with E-state index in [0.717, 1.165) is 29.9 Å². The van der Waals surface area contributed by atoms with Crippen LogP contribution in [0.5, 0.6) is 11.5 Å². The molecule has 0 radical (unpaired) electrons. The average molecular weight is 333 g/mol. The van der Waals surface area contributed by atoms with Crippen LogP contribution in [0.15, 0.2) is 17.1 Å². The number of fused-ring (bicyclic) bond motifs is 1. The summed E-state index contributed by atoms with van der Waals surface area (Å²) in [4.78, 5) is 4.85. The number of aliphatic imine (C=N–C) groups is 1. The summed E-state index contributed by atoms with van der Waals surface area (Å²) in [6.07, 6.45) is 3.96. The van der Waals surface area contributed by atoms with Crippen LogP contribution in [0.3, 0.4) is 0 Å². The standard InChI is InChI=1S/C20H31NO3/c1-7-20(3,4)19-14(2)16-12-18(24-10-8-9-22-5)17(23-6)11-15(16)13-21-19/h11-14,19H,7-10H2,1-6H3/t14-,19+/m1/s1. The molecule has 4 heteroatoms. The van der Waals surface area contributed by atoms with Crippen molar-refractivity contribution in [1.29, 1.82) is 0 Å². The third-order valence-electron chi connectivity index (χ3n) is 5.17. The summed E-state index contributed by atoms with van der Waals surface area (Å²) in [5.74, 6) is 1.92. The van der Waals surface area contributed by atoms with E-state index >= 15 is 0 Å². The second-order valence-corrected chi connectivity index (χ2v) is 7.18. The molecule has 1 aliphatic heterocycles. The van der Waals surface area contributed by atoms with Gasteiger partial charge in [-0.25, -0.2) is 0 Å². The predicted molar refractivity (Wildman–Crippen MR) is 98.9 cm³/mol. The minimum atomic E-state index is 0.174. The highest BCUT2D eigenvalue weighted by Gasteiger charge is 2.35. The minimum absolute atomic E-state index is 0.174. The fourth-order valence-corrected chi connectivity index (χ4v) is 3.30. The van der Waals surface area contributed by atoms with Gasteiger partial charge in [-0.05, 0) is 35.1 Å². The first-order valence-corrected chi connectivity index (χ1v) is 8.81. The van der Waals surface area contributed by atoms with Crippen molar-refractivity contribution in [2.75, 3.05) is 27.4 Å². The van der Waals surface area contributed by atoms with Crippen molar-refractivity contribution in [3.8, 4) is 11.5 Å². The van der Waals surface area contributed by atoms with Crippen molar-refractivity contribution < 1.29 is 14.2 Å². The van der Waals surface area contributed by atoms with Crippen LogP contribution in [-0.2, 0) is 4.74 Å². The van der Waals surface area contributed by atoms with Crippen molar-refractivity contribution in [3.05, 3.63) is 23.3 Å². The lowest BCUT2D eigenvalue weighted by Gasteiger charge is -2.38. The molecule has 0 aromatic heterocycles. The van der Waals surface area contributed by atoms with Crippen molar-refractivity contribution >= 4 is 6.21 Å². The SMILES string of the molecule is CCC(C)(C)[C@H]1N=Cc2cc(OC)c(OCCCOC)cc2[C@H]1C. The van der Waals surface area contributed by atoms with Crippen LogP contribution in [0, 0.1) is 5.41 Å². The fourth-order valence-electron chi connectivity index (χ4n) is 3.30. The molecule has 24 heavy (non-hydrogen) atoms. The summed E-state index contributed by atoms with van der Waals surface area (Å²) in [7, 11) is 3.38. The molecule has 0 fully saturated rings. The highest BCUT2D eigenvalue weighted by atomic mass is 16.5. The van der Waals surface area contributed by atoms with E-state index in [1.165, 1.54) is 5.56 Å². The van der Waals surface area contributed by atoms with E-state index in [9.17, 15) is 0 Å². The van der Waals surface area contributed by atoms with Crippen molar-refractivity contribution in [2.24, 2.45) is 10.4 Å². The lowest BCUT2D eigenvalue weighted by molar-refractivity contribution is 0.170. The molecule has 0 unspecified atom stereocenters. The van der Waals surface area contributed by atoms with Crippen molar-refractivity contribution in [1.82, 2.24) is 0 Å². The number of methoxy groups -OCH3 is 2. The van der Waals surface area contributed by atoms with Gasteiger partial charge in [-0.3, -0.25) is 4.99 Å². The van der Waals surface area contributed by atoms with E-state index < -0.39 is 0 Å². The molecule has 2 atom stereocenters. The molecule has 0 bridgehead atoms. The Morgan fingerprint density at radius 1 is 1.12 bits per heavy atom. The molecule has 0 saturated heterocycles. The van der Waals surface area contributed by atoms with Gasteiger partial charge in [0.25, 0.3) is 0 Å². The average Bonchev–Trinajstić information content (AvgIpc) is 2.58. The van der Waals surface area contributed by atoms with Gasteiger partial charge in [0.15, 0.2) is 11.5 Å². The third-order valence-corrected chi connectivity index (χ3v) is 5.17. The van der Waals surface area contributed by atoms with Gasteiger partial charge in [0.1, 0.15) is 0 Å². The molecule has 1 aromatic rings. The maximum Gasteiger partial charge on any atom is 0.161 e. The Hall–Kier alpha value is -1.55. The zero-order valence-corrected chi connectivity index (χ0v) is 15.9. The van der Waals surface area contributed by atoms with E-state index in [1.54, 1.807) is 14.2 Å². The lowest BCUT2D eigenvalue weighted by Crippen LogP contribution is -2.34. The van der Waals surface area contributed by atoms with Gasteiger partial charge in [-0.2, -0.15) is 0 Å². The van der Waals surface area contributed by atoms with Gasteiger partial charge in [0, 0.05) is 32.3 Å². The molecule has 134 valence electrons. The zero-order chi connectivity index (χ0) is 17.7. The number of rotatable bonds is 8. The second-order valence-electron chi connectivity index (χ2n) is 7.18. The van der Waals surface area contributed by atoms with Crippen LogP contribution in [0.1, 0.15) is 57.6 Å². The lowest BCUT2D eigenvalue weighted by atomic mass is 9.72. The Bertz CT molecular complexity index is 580. The predicted octanol–water partition coefficient (Wildman–Crippen LogP) is 4.45. The fraction of sp³-hybridized carbons (Fsp3) is 0.650. The molecule has 1 aliphatic rings. The molecular formula is C20H31NO3. The molecule has 1 heterocycles. The summed E-state index contributed by atoms with van der Waals surface area (Å²) in [5, 5.41) is 0. The van der Waals surface area contributed by atoms with Crippen LogP contribution >= 0.6 is 0 Å². The number of hydrogen-bond acceptors (Lipinski definition) is 4. The van der Waals surface area contributed by atoms with E-state index in [-0.39, 0.29) is 11.5 Å². The Kier molecular flexibility index (Phi) is 6.27. The van der Waals surface area contributed by atoms with Crippen LogP contribution in [0.4, 0.5) is 0 Å². The zero-order valence-electron chi connectivity index (χ0n) is 15.9. The van der Waals surface area contributed by atoms with Gasteiger partial charge in [0.05, 0.1) is 19.8 Å². The summed E-state index contributed by atoms with van der Waals surface area (Å²) >= 11 is 0. The normalized spacial score (nSPS) is 19.9. The van der Waals surface area contributed by atoms with E-state index in [2.05, 4.69) is 33.8 Å². The Labute approximate surface area is 146 Å². The summed E-state index contributed by atoms with van der Waals surface area (Å²) in [5.41, 5.74) is 2.60. The minimum Gasteiger partial charge on any atom is -0.493 e. The highest BCUT2D eigenvalue weighted by Crippen LogP contribution is 2.43. The Morgan fingerprint density at radius 3 is 2.50 bits per heavy atom. The molecular weight excluding hydrogens is 302 g/mol. The number of ether oxygens (including phenoxy) is 3. The van der Waals surface area contributed by atoms with Crippen LogP contribution in [0.2, 0.25) is 0 Å². The molecule has 0 aliphatic carbocycles. The van der Waals surface area contributed by atoms with E-state index in [1.807, 2.05) is 12.3 Å². The molecule has 1 aromatic carbocycles. The smallest absolute Gasteiger partial charge is 0.161 e. The topological polar surface area (TPSA) is 40.0 Å². The molecule has 0 N–H and O–H groups in total. The maximum atomic E-state index is 5.94. The first-order valence-electron chi connectivity index (χ1n) is 8.81. The Balaban J connectivity index is 2.28. The van der Waals surface area contributed by atoms with Gasteiger partial charge >= 0.3 is 0 Å². The molecule has 4 nitrogen and oxygen atoms in total. The monoisotopic (exact) mass is 333 g/mol. The van der Waals surface area contributed by atoms with Crippen LogP contribution in [0.25, 0.3) is 0 Å². The molecule has 2 rings (SSSR count). The summed E-state index contributed by atoms with van der Waals surface area (Å²) in [6, 6.07) is 4.45. The largest absolute Gasteiger partial charge is 0.493 e. The second kappa shape index (κ2) is 8.02. The summed E-state index contributed by atoms with van der Waals surface area (Å²) < 4.78 is 16.5. The number of nitrogens with zero attached hydrogens (tertiary/aromatic N) is 1. The summed E-state index contributed by atoms with van der Waals surface area (Å²) in [6.45, 7) is 10.4. The van der Waals surface area contributed by atoms with Gasteiger partial charge in [0.2, 0.25) is 0 Å². The Morgan fingerprint density at radius 2 is 1.88 bits per heavy atom. The van der Waals surface area contributed by atoms with E-state index in [0.29, 0.717) is 19.1 Å². The quantitative estimate of drug-likeness (QED) is 0.660. The number of benzene rings is 1. The molecule has 0 spiro atoms. The molecule has 0 amide bonds. The highest BCUT2D eigenvalue weighted by molar-refractivity contribution is 5.85. The maximum absolute atomic E-state index is 5.94. The van der Waals surface area contributed by atoms with E-state index in [4.69, 9.17) is 19.2 Å². The first-order chi connectivity index (χ1) is 11.4. The van der Waals surface area contributed by atoms with Crippen molar-refractivity contribution in [3.63, 3.8) is 0 Å². The third kappa shape index (κ3) is 3.92.